The second kappa shape index (κ2) is 6.88. The van der Waals surface area contributed by atoms with Crippen LogP contribution in [0.1, 0.15) is 26.2 Å². The summed E-state index contributed by atoms with van der Waals surface area (Å²) in [7, 11) is 3.54. The summed E-state index contributed by atoms with van der Waals surface area (Å²) >= 11 is 0. The van der Waals surface area contributed by atoms with E-state index in [9.17, 15) is 9.59 Å². The molecule has 0 bridgehead atoms. The first kappa shape index (κ1) is 17.9. The van der Waals surface area contributed by atoms with Crippen LogP contribution in [0.2, 0.25) is 0 Å². The number of nitrogens with one attached hydrogen (secondary N) is 1. The van der Waals surface area contributed by atoms with E-state index in [1.165, 1.54) is 4.90 Å². The van der Waals surface area contributed by atoms with Crippen LogP contribution in [0.15, 0.2) is 35.6 Å². The molecule has 1 aliphatic carbocycles. The van der Waals surface area contributed by atoms with E-state index in [4.69, 9.17) is 9.57 Å². The molecular formula is C20H25N3O4. The molecule has 144 valence electrons. The first-order chi connectivity index (χ1) is 13.0. The molecule has 1 unspecified atom stereocenters. The van der Waals surface area contributed by atoms with Gasteiger partial charge in [-0.1, -0.05) is 19.1 Å². The molecule has 1 N–H and O–H groups in total. The van der Waals surface area contributed by atoms with E-state index in [0.29, 0.717) is 23.1 Å². The number of fused-ring (bicyclic) bond motifs is 2. The Hall–Kier alpha value is -2.54. The van der Waals surface area contributed by atoms with Crippen LogP contribution in [-0.4, -0.2) is 49.7 Å². The van der Waals surface area contributed by atoms with Crippen molar-refractivity contribution in [3.63, 3.8) is 0 Å². The molecule has 2 aliphatic heterocycles. The highest BCUT2D eigenvalue weighted by atomic mass is 16.7. The highest BCUT2D eigenvalue weighted by Crippen LogP contribution is 2.38. The van der Waals surface area contributed by atoms with E-state index < -0.39 is 6.04 Å². The molecule has 3 atom stereocenters. The summed E-state index contributed by atoms with van der Waals surface area (Å²) in [6.07, 6.45) is 2.94. The van der Waals surface area contributed by atoms with Crippen molar-refractivity contribution in [2.24, 2.45) is 5.92 Å². The summed E-state index contributed by atoms with van der Waals surface area (Å²) in [4.78, 5) is 33.0. The van der Waals surface area contributed by atoms with Crippen molar-refractivity contribution in [3.05, 3.63) is 35.6 Å². The molecule has 1 aromatic rings. The second-order valence-corrected chi connectivity index (χ2v) is 7.60. The number of nitrogens with zero attached hydrogens (tertiary/aromatic N) is 2. The fourth-order valence-electron chi connectivity index (χ4n) is 4.11. The standard InChI is InChI=1S/C20H25N3O4/c1-12-8-9-15-13(10-12)18(27-23(15)3)19(24)21-14-11-26-17-7-5-4-6-16(17)22(2)20(14)25/h4-7,12,14-15H,8-11H2,1-3H3,(H,21,24)/t12-,14+,15?/m1/s1. The molecule has 0 spiro atoms. The summed E-state index contributed by atoms with van der Waals surface area (Å²) in [6.45, 7) is 2.27. The van der Waals surface area contributed by atoms with Gasteiger partial charge in [-0.2, -0.15) is 0 Å². The second-order valence-electron chi connectivity index (χ2n) is 7.60. The highest BCUT2D eigenvalue weighted by Gasteiger charge is 2.40. The van der Waals surface area contributed by atoms with Gasteiger partial charge in [0.05, 0.1) is 11.7 Å². The highest BCUT2D eigenvalue weighted by molar-refractivity contribution is 6.02. The van der Waals surface area contributed by atoms with Crippen LogP contribution in [0.3, 0.4) is 0 Å². The van der Waals surface area contributed by atoms with Crippen LogP contribution in [0.4, 0.5) is 5.69 Å². The van der Waals surface area contributed by atoms with E-state index in [-0.39, 0.29) is 24.5 Å². The molecule has 7 nitrogen and oxygen atoms in total. The first-order valence-electron chi connectivity index (χ1n) is 9.39. The van der Waals surface area contributed by atoms with Crippen LogP contribution in [0.25, 0.3) is 0 Å². The fourth-order valence-corrected chi connectivity index (χ4v) is 4.11. The number of hydroxylamine groups is 2. The van der Waals surface area contributed by atoms with E-state index in [1.807, 2.05) is 31.3 Å². The minimum atomic E-state index is -0.767. The number of carbonyl (C=O) groups is 2. The van der Waals surface area contributed by atoms with Crippen LogP contribution in [-0.2, 0) is 14.4 Å². The van der Waals surface area contributed by atoms with Gasteiger partial charge in [-0.25, -0.2) is 0 Å². The zero-order chi connectivity index (χ0) is 19.1. The average molecular weight is 371 g/mol. The number of hydrogen-bond donors (Lipinski definition) is 1. The van der Waals surface area contributed by atoms with Crippen molar-refractivity contribution in [3.8, 4) is 5.75 Å². The molecule has 1 fully saturated rings. The molecule has 3 aliphatic rings. The van der Waals surface area contributed by atoms with Gasteiger partial charge in [-0.3, -0.25) is 9.59 Å². The van der Waals surface area contributed by atoms with Crippen molar-refractivity contribution < 1.29 is 19.2 Å². The van der Waals surface area contributed by atoms with Crippen LogP contribution in [0, 0.1) is 5.92 Å². The largest absolute Gasteiger partial charge is 0.489 e. The molecule has 0 saturated heterocycles. The number of amides is 2. The topological polar surface area (TPSA) is 71.1 Å². The maximum Gasteiger partial charge on any atom is 0.289 e. The maximum atomic E-state index is 12.9. The van der Waals surface area contributed by atoms with Gasteiger partial charge in [-0.15, -0.1) is 5.06 Å². The normalized spacial score (nSPS) is 28.0. The van der Waals surface area contributed by atoms with Gasteiger partial charge >= 0.3 is 0 Å². The molecule has 1 saturated carbocycles. The summed E-state index contributed by atoms with van der Waals surface area (Å²) in [6, 6.07) is 6.73. The van der Waals surface area contributed by atoms with Gasteiger partial charge in [0.2, 0.25) is 5.76 Å². The number of rotatable bonds is 2. The quantitative estimate of drug-likeness (QED) is 0.859. The molecule has 2 amide bonds. The molecule has 0 radical (unpaired) electrons. The Kier molecular flexibility index (Phi) is 4.55. The average Bonchev–Trinajstić information content (AvgIpc) is 2.94. The fraction of sp³-hybridized carbons (Fsp3) is 0.500. The lowest BCUT2D eigenvalue weighted by atomic mass is 9.83. The van der Waals surface area contributed by atoms with Gasteiger partial charge in [0.25, 0.3) is 11.8 Å². The van der Waals surface area contributed by atoms with Gasteiger partial charge in [0.15, 0.2) is 0 Å². The summed E-state index contributed by atoms with van der Waals surface area (Å²) in [5.74, 6) is 0.933. The molecular weight excluding hydrogens is 346 g/mol. The Morgan fingerprint density at radius 1 is 1.22 bits per heavy atom. The van der Waals surface area contributed by atoms with Crippen molar-refractivity contribution in [1.82, 2.24) is 10.4 Å². The first-order valence-corrected chi connectivity index (χ1v) is 9.39. The maximum absolute atomic E-state index is 12.9. The molecule has 2 heterocycles. The number of hydrogen-bond acceptors (Lipinski definition) is 5. The molecule has 1 aromatic carbocycles. The Balaban J connectivity index is 1.53. The number of benzene rings is 1. The Bertz CT molecular complexity index is 806. The number of likely N-dealkylation sites (N-methyl/N-ethyl adjacent to an activating group) is 2. The van der Waals surface area contributed by atoms with E-state index >= 15 is 0 Å². The zero-order valence-corrected chi connectivity index (χ0v) is 15.9. The minimum absolute atomic E-state index is 0.0875. The lowest BCUT2D eigenvalue weighted by Gasteiger charge is -2.27. The number of ether oxygens (including phenoxy) is 1. The molecule has 4 rings (SSSR count). The van der Waals surface area contributed by atoms with Crippen LogP contribution < -0.4 is 15.0 Å². The van der Waals surface area contributed by atoms with Crippen molar-refractivity contribution >= 4 is 17.5 Å². The summed E-state index contributed by atoms with van der Waals surface area (Å²) in [5, 5.41) is 4.57. The predicted octanol–water partition coefficient (Wildman–Crippen LogP) is 1.85. The number of carbonyl (C=O) groups excluding carboxylic acids is 2. The van der Waals surface area contributed by atoms with E-state index in [2.05, 4.69) is 12.2 Å². The van der Waals surface area contributed by atoms with Crippen molar-refractivity contribution in [2.45, 2.75) is 38.3 Å². The third-order valence-electron chi connectivity index (χ3n) is 5.64. The van der Waals surface area contributed by atoms with Crippen molar-refractivity contribution in [2.75, 3.05) is 25.6 Å². The summed E-state index contributed by atoms with van der Waals surface area (Å²) in [5.41, 5.74) is 1.73. The Morgan fingerprint density at radius 3 is 2.81 bits per heavy atom. The lowest BCUT2D eigenvalue weighted by molar-refractivity contribution is -0.137. The molecule has 0 aromatic heterocycles. The smallest absolute Gasteiger partial charge is 0.289 e. The van der Waals surface area contributed by atoms with Gasteiger partial charge in [-0.05, 0) is 37.3 Å². The molecule has 7 heteroatoms. The summed E-state index contributed by atoms with van der Waals surface area (Å²) < 4.78 is 5.77. The molecule has 27 heavy (non-hydrogen) atoms. The monoisotopic (exact) mass is 371 g/mol. The minimum Gasteiger partial charge on any atom is -0.489 e. The predicted molar refractivity (Wildman–Crippen MR) is 100.0 cm³/mol. The van der Waals surface area contributed by atoms with Crippen molar-refractivity contribution in [1.29, 1.82) is 0 Å². The third kappa shape index (κ3) is 3.16. The number of anilines is 1. The zero-order valence-electron chi connectivity index (χ0n) is 15.9. The van der Waals surface area contributed by atoms with Gasteiger partial charge in [0.1, 0.15) is 18.4 Å². The lowest BCUT2D eigenvalue weighted by Crippen LogP contribution is -2.50. The van der Waals surface area contributed by atoms with Crippen LogP contribution >= 0.6 is 0 Å². The van der Waals surface area contributed by atoms with Crippen LogP contribution in [0.5, 0.6) is 5.75 Å². The van der Waals surface area contributed by atoms with E-state index in [1.54, 1.807) is 12.1 Å². The van der Waals surface area contributed by atoms with Gasteiger partial charge in [0, 0.05) is 19.7 Å². The number of para-hydroxylation sites is 2. The van der Waals surface area contributed by atoms with Gasteiger partial charge < -0.3 is 19.8 Å². The van der Waals surface area contributed by atoms with E-state index in [0.717, 1.165) is 24.8 Å². The third-order valence-corrected chi connectivity index (χ3v) is 5.64. The Labute approximate surface area is 158 Å². The Morgan fingerprint density at radius 2 is 2.00 bits per heavy atom. The SMILES string of the molecule is C[C@@H]1CCC2C(=C(C(=O)N[C@H]3COc4ccccc4N(C)C3=O)ON2C)C1.